The molecule has 1 aromatic rings. The second-order valence-electron chi connectivity index (χ2n) is 4.86. The van der Waals surface area contributed by atoms with E-state index in [0.717, 1.165) is 11.3 Å². The van der Waals surface area contributed by atoms with Crippen molar-refractivity contribution >= 4 is 5.69 Å². The van der Waals surface area contributed by atoms with E-state index >= 15 is 0 Å². The molecule has 0 bridgehead atoms. The summed E-state index contributed by atoms with van der Waals surface area (Å²) in [4.78, 5) is 0. The number of nitrogens with one attached hydrogen (secondary N) is 1. The summed E-state index contributed by atoms with van der Waals surface area (Å²) in [5.41, 5.74) is 1.88. The fourth-order valence-corrected chi connectivity index (χ4v) is 2.21. The molecule has 0 aromatic heterocycles. The van der Waals surface area contributed by atoms with Crippen molar-refractivity contribution in [2.24, 2.45) is 0 Å². The lowest BCUT2D eigenvalue weighted by Crippen LogP contribution is -2.53. The second-order valence-corrected chi connectivity index (χ2v) is 4.86. The van der Waals surface area contributed by atoms with Gasteiger partial charge >= 0.3 is 0 Å². The second kappa shape index (κ2) is 4.07. The van der Waals surface area contributed by atoms with Crippen molar-refractivity contribution in [2.45, 2.75) is 38.0 Å². The zero-order chi connectivity index (χ0) is 11.8. The Kier molecular flexibility index (Phi) is 2.91. The fourth-order valence-electron chi connectivity index (χ4n) is 2.21. The minimum atomic E-state index is -0.412. The van der Waals surface area contributed by atoms with Crippen molar-refractivity contribution in [1.29, 1.82) is 0 Å². The number of methoxy groups -OCH3 is 1. The van der Waals surface area contributed by atoms with Crippen LogP contribution in [0.2, 0.25) is 0 Å². The van der Waals surface area contributed by atoms with E-state index in [9.17, 15) is 5.11 Å². The van der Waals surface area contributed by atoms with Gasteiger partial charge in [0, 0.05) is 19.2 Å². The van der Waals surface area contributed by atoms with Crippen molar-refractivity contribution in [2.75, 3.05) is 12.4 Å². The normalized spacial score (nSPS) is 24.8. The van der Waals surface area contributed by atoms with Crippen molar-refractivity contribution in [1.82, 2.24) is 0 Å². The highest BCUT2D eigenvalue weighted by Crippen LogP contribution is 2.30. The summed E-state index contributed by atoms with van der Waals surface area (Å²) in [6, 6.07) is 8.00. The predicted molar refractivity (Wildman–Crippen MR) is 64.7 cm³/mol. The van der Waals surface area contributed by atoms with Crippen molar-refractivity contribution in [3.8, 4) is 0 Å². The van der Waals surface area contributed by atoms with Crippen LogP contribution in [0.4, 0.5) is 5.69 Å². The van der Waals surface area contributed by atoms with Gasteiger partial charge in [0.1, 0.15) is 0 Å². The minimum absolute atomic E-state index is 0.0765. The molecule has 3 heteroatoms. The number of aliphatic hydroxyl groups excluding tert-OH is 1. The van der Waals surface area contributed by atoms with E-state index in [1.54, 1.807) is 7.11 Å². The van der Waals surface area contributed by atoms with E-state index < -0.39 is 6.10 Å². The molecule has 1 heterocycles. The van der Waals surface area contributed by atoms with Gasteiger partial charge in [0.2, 0.25) is 0 Å². The van der Waals surface area contributed by atoms with Crippen LogP contribution in [-0.4, -0.2) is 30.0 Å². The molecular weight excluding hydrogens is 202 g/mol. The van der Waals surface area contributed by atoms with Crippen molar-refractivity contribution in [3.63, 3.8) is 0 Å². The maximum Gasteiger partial charge on any atom is 0.0848 e. The first-order valence-corrected chi connectivity index (χ1v) is 5.62. The lowest BCUT2D eigenvalue weighted by molar-refractivity contribution is -0.0328. The van der Waals surface area contributed by atoms with Gasteiger partial charge < -0.3 is 15.2 Å². The maximum absolute atomic E-state index is 10.1. The quantitative estimate of drug-likeness (QED) is 0.800. The summed E-state index contributed by atoms with van der Waals surface area (Å²) >= 11 is 0. The Morgan fingerprint density at radius 2 is 2.06 bits per heavy atom. The first kappa shape index (κ1) is 11.4. The fraction of sp³-hybridized carbons (Fsp3) is 0.538. The summed E-state index contributed by atoms with van der Waals surface area (Å²) in [6.45, 7) is 3.98. The van der Waals surface area contributed by atoms with E-state index in [0.29, 0.717) is 6.42 Å². The van der Waals surface area contributed by atoms with Crippen LogP contribution in [0.15, 0.2) is 24.3 Å². The Morgan fingerprint density at radius 3 is 2.75 bits per heavy atom. The Bertz CT molecular complexity index is 376. The van der Waals surface area contributed by atoms with Crippen LogP contribution in [0, 0.1) is 0 Å². The molecule has 2 atom stereocenters. The molecule has 0 saturated carbocycles. The number of fused-ring (bicyclic) bond motifs is 1. The number of ether oxygens (including phenoxy) is 1. The van der Waals surface area contributed by atoms with Crippen LogP contribution in [-0.2, 0) is 11.2 Å². The number of anilines is 1. The topological polar surface area (TPSA) is 41.5 Å². The molecule has 16 heavy (non-hydrogen) atoms. The molecule has 0 amide bonds. The van der Waals surface area contributed by atoms with Gasteiger partial charge in [-0.2, -0.15) is 0 Å². The summed E-state index contributed by atoms with van der Waals surface area (Å²) < 4.78 is 5.44. The van der Waals surface area contributed by atoms with E-state index in [4.69, 9.17) is 4.74 Å². The summed E-state index contributed by atoms with van der Waals surface area (Å²) in [6.07, 6.45) is 0.269. The average molecular weight is 221 g/mol. The van der Waals surface area contributed by atoms with Crippen LogP contribution in [0.5, 0.6) is 0 Å². The largest absolute Gasteiger partial charge is 0.391 e. The number of hydrogen-bond acceptors (Lipinski definition) is 3. The van der Waals surface area contributed by atoms with Crippen molar-refractivity contribution < 1.29 is 9.84 Å². The monoisotopic (exact) mass is 221 g/mol. The molecule has 0 fully saturated rings. The molecule has 0 aliphatic carbocycles. The molecule has 1 aromatic carbocycles. The first-order chi connectivity index (χ1) is 7.54. The van der Waals surface area contributed by atoms with Gasteiger partial charge in [-0.15, -0.1) is 0 Å². The van der Waals surface area contributed by atoms with E-state index in [-0.39, 0.29) is 11.6 Å². The smallest absolute Gasteiger partial charge is 0.0848 e. The number of aliphatic hydroxyl groups is 1. The third kappa shape index (κ3) is 1.93. The summed E-state index contributed by atoms with van der Waals surface area (Å²) in [7, 11) is 1.68. The number of benzene rings is 1. The minimum Gasteiger partial charge on any atom is -0.391 e. The van der Waals surface area contributed by atoms with Gasteiger partial charge in [0.15, 0.2) is 0 Å². The van der Waals surface area contributed by atoms with Crippen LogP contribution in [0.1, 0.15) is 19.4 Å². The molecule has 2 rings (SSSR count). The van der Waals surface area contributed by atoms with E-state index in [2.05, 4.69) is 5.32 Å². The zero-order valence-corrected chi connectivity index (χ0v) is 10.0. The van der Waals surface area contributed by atoms with Gasteiger partial charge in [0.05, 0.1) is 17.7 Å². The molecule has 1 aliphatic heterocycles. The van der Waals surface area contributed by atoms with Gasteiger partial charge in [0.25, 0.3) is 0 Å². The molecule has 2 unspecified atom stereocenters. The molecule has 2 N–H and O–H groups in total. The highest BCUT2D eigenvalue weighted by atomic mass is 16.5. The number of rotatable bonds is 2. The predicted octanol–water partition coefficient (Wildman–Crippen LogP) is 1.81. The summed E-state index contributed by atoms with van der Waals surface area (Å²) in [5, 5.41) is 13.5. The molecule has 1 aliphatic rings. The molecule has 3 nitrogen and oxygen atoms in total. The maximum atomic E-state index is 10.1. The van der Waals surface area contributed by atoms with Gasteiger partial charge in [-0.25, -0.2) is 0 Å². The highest BCUT2D eigenvalue weighted by molar-refractivity contribution is 5.55. The molecule has 0 spiro atoms. The Labute approximate surface area is 96.4 Å². The van der Waals surface area contributed by atoms with Crippen LogP contribution < -0.4 is 5.32 Å². The van der Waals surface area contributed by atoms with Crippen molar-refractivity contribution in [3.05, 3.63) is 29.8 Å². The average Bonchev–Trinajstić information content (AvgIpc) is 2.28. The number of para-hydroxylation sites is 1. The highest BCUT2D eigenvalue weighted by Gasteiger charge is 2.38. The molecular formula is C13H19NO2. The van der Waals surface area contributed by atoms with E-state index in [1.807, 2.05) is 38.1 Å². The Balaban J connectivity index is 2.28. The van der Waals surface area contributed by atoms with Crippen LogP contribution in [0.25, 0.3) is 0 Å². The number of hydrogen-bond donors (Lipinski definition) is 2. The summed E-state index contributed by atoms with van der Waals surface area (Å²) in [5.74, 6) is 0. The zero-order valence-electron chi connectivity index (χ0n) is 10.0. The van der Waals surface area contributed by atoms with Gasteiger partial charge in [-0.05, 0) is 25.5 Å². The van der Waals surface area contributed by atoms with Crippen LogP contribution >= 0.6 is 0 Å². The molecule has 0 saturated heterocycles. The Hall–Kier alpha value is -1.06. The third-order valence-corrected chi connectivity index (χ3v) is 3.42. The van der Waals surface area contributed by atoms with E-state index in [1.165, 1.54) is 0 Å². The first-order valence-electron chi connectivity index (χ1n) is 5.62. The lowest BCUT2D eigenvalue weighted by Gasteiger charge is -2.41. The third-order valence-electron chi connectivity index (χ3n) is 3.42. The van der Waals surface area contributed by atoms with Gasteiger partial charge in [-0.3, -0.25) is 0 Å². The SMILES string of the molecule is COC(C)(C)C1Nc2ccccc2CC1O. The van der Waals surface area contributed by atoms with Gasteiger partial charge in [-0.1, -0.05) is 18.2 Å². The standard InChI is InChI=1S/C13H19NO2/c1-13(2,16-3)12-11(15)8-9-6-4-5-7-10(9)14-12/h4-7,11-12,14-15H,8H2,1-3H3. The molecule has 0 radical (unpaired) electrons. The van der Waals surface area contributed by atoms with Crippen LogP contribution in [0.3, 0.4) is 0 Å². The lowest BCUT2D eigenvalue weighted by atomic mass is 9.86. The Morgan fingerprint density at radius 1 is 1.38 bits per heavy atom. The molecule has 88 valence electrons.